The van der Waals surface area contributed by atoms with E-state index in [4.69, 9.17) is 14.2 Å². The molecule has 4 fully saturated rings. The number of fused-ring (bicyclic) bond motifs is 2. The third-order valence-electron chi connectivity index (χ3n) is 9.90. The summed E-state index contributed by atoms with van der Waals surface area (Å²) >= 11 is 0. The maximum atomic E-state index is 7.30. The maximum Gasteiger partial charge on any atom is 0.174 e. The summed E-state index contributed by atoms with van der Waals surface area (Å²) in [5.74, 6) is 2.21. The molecule has 3 nitrogen and oxygen atoms in total. The Hall–Kier alpha value is -0.640. The van der Waals surface area contributed by atoms with Crippen LogP contribution in [-0.4, -0.2) is 30.2 Å². The minimum absolute atomic E-state index is 0.00588. The van der Waals surface area contributed by atoms with Gasteiger partial charge in [0.2, 0.25) is 0 Å². The Labute approximate surface area is 163 Å². The van der Waals surface area contributed by atoms with Crippen LogP contribution in [0.1, 0.15) is 66.2 Å². The number of hydrogen-bond acceptors (Lipinski definition) is 3. The molecule has 27 heavy (non-hydrogen) atoms. The topological polar surface area (TPSA) is 27.7 Å². The molecule has 3 heterocycles. The molecule has 148 valence electrons. The third kappa shape index (κ3) is 1.81. The molecule has 2 bridgehead atoms. The summed E-state index contributed by atoms with van der Waals surface area (Å²) in [7, 11) is 0. The monoisotopic (exact) mass is 370 g/mol. The minimum Gasteiger partial charge on any atom is -0.359 e. The lowest BCUT2D eigenvalue weighted by Crippen LogP contribution is -2.58. The number of hydrogen-bond donors (Lipinski definition) is 0. The SMILES string of the molecule is C[C@H]1[C@H](C)C2=CC3=CC[C@@]4(C)[C@@H](CCC45OCCO5)[C@@]34CC[C@]2(C[C@@H]1C)O4. The van der Waals surface area contributed by atoms with E-state index in [9.17, 15) is 0 Å². The van der Waals surface area contributed by atoms with Crippen LogP contribution in [0.3, 0.4) is 0 Å². The Kier molecular flexibility index (Phi) is 3.25. The predicted molar refractivity (Wildman–Crippen MR) is 104 cm³/mol. The summed E-state index contributed by atoms with van der Waals surface area (Å²) in [4.78, 5) is 0. The zero-order chi connectivity index (χ0) is 18.7. The van der Waals surface area contributed by atoms with Crippen molar-refractivity contribution in [2.75, 3.05) is 13.2 Å². The van der Waals surface area contributed by atoms with Gasteiger partial charge in [-0.05, 0) is 61.0 Å². The van der Waals surface area contributed by atoms with Crippen molar-refractivity contribution >= 4 is 0 Å². The molecule has 6 rings (SSSR count). The summed E-state index contributed by atoms with van der Waals surface area (Å²) in [5, 5.41) is 0. The molecule has 0 aromatic heterocycles. The van der Waals surface area contributed by atoms with Crippen LogP contribution < -0.4 is 0 Å². The van der Waals surface area contributed by atoms with Crippen LogP contribution in [0.15, 0.2) is 23.3 Å². The van der Waals surface area contributed by atoms with Gasteiger partial charge in [-0.1, -0.05) is 39.8 Å². The van der Waals surface area contributed by atoms with E-state index in [0.29, 0.717) is 11.8 Å². The fraction of sp³-hybridized carbons (Fsp3) is 0.833. The van der Waals surface area contributed by atoms with Gasteiger partial charge in [-0.3, -0.25) is 0 Å². The van der Waals surface area contributed by atoms with E-state index < -0.39 is 0 Å². The normalized spacial score (nSPS) is 55.0. The summed E-state index contributed by atoms with van der Waals surface area (Å²) in [5.41, 5.74) is 3.00. The van der Waals surface area contributed by atoms with E-state index in [2.05, 4.69) is 39.8 Å². The molecule has 3 aliphatic carbocycles. The van der Waals surface area contributed by atoms with Gasteiger partial charge in [0.15, 0.2) is 5.79 Å². The Balaban J connectivity index is 1.48. The number of ether oxygens (including phenoxy) is 3. The van der Waals surface area contributed by atoms with Crippen molar-refractivity contribution in [3.8, 4) is 0 Å². The summed E-state index contributed by atoms with van der Waals surface area (Å²) in [6, 6.07) is 0. The molecule has 6 aliphatic rings. The average Bonchev–Trinajstić information content (AvgIpc) is 3.32. The zero-order valence-electron chi connectivity index (χ0n) is 17.3. The second kappa shape index (κ2) is 5.09. The lowest BCUT2D eigenvalue weighted by Gasteiger charge is -2.56. The third-order valence-corrected chi connectivity index (χ3v) is 9.90. The van der Waals surface area contributed by atoms with Crippen molar-refractivity contribution in [3.63, 3.8) is 0 Å². The highest BCUT2D eigenvalue weighted by Crippen LogP contribution is 2.70. The molecule has 3 aliphatic heterocycles. The van der Waals surface area contributed by atoms with Crippen molar-refractivity contribution in [2.24, 2.45) is 29.1 Å². The van der Waals surface area contributed by atoms with Crippen LogP contribution >= 0.6 is 0 Å². The van der Waals surface area contributed by atoms with Crippen LogP contribution in [-0.2, 0) is 14.2 Å². The van der Waals surface area contributed by atoms with E-state index >= 15 is 0 Å². The highest BCUT2D eigenvalue weighted by molar-refractivity contribution is 5.48. The fourth-order valence-electron chi connectivity index (χ4n) is 8.13. The molecule has 0 aromatic rings. The van der Waals surface area contributed by atoms with Crippen molar-refractivity contribution in [1.82, 2.24) is 0 Å². The Bertz CT molecular complexity index is 747. The lowest BCUT2D eigenvalue weighted by atomic mass is 9.59. The van der Waals surface area contributed by atoms with E-state index in [1.54, 1.807) is 5.57 Å². The molecule has 3 heteroatoms. The van der Waals surface area contributed by atoms with E-state index in [-0.39, 0.29) is 22.4 Å². The highest BCUT2D eigenvalue weighted by atomic mass is 16.7. The van der Waals surface area contributed by atoms with Crippen LogP contribution in [0, 0.1) is 29.1 Å². The molecule has 0 radical (unpaired) electrons. The second-order valence-electron chi connectivity index (χ2n) is 10.7. The molecule has 0 N–H and O–H groups in total. The largest absolute Gasteiger partial charge is 0.359 e. The molecule has 0 aromatic carbocycles. The van der Waals surface area contributed by atoms with Gasteiger partial charge in [0.05, 0.1) is 24.4 Å². The van der Waals surface area contributed by atoms with E-state index in [0.717, 1.165) is 44.3 Å². The smallest absolute Gasteiger partial charge is 0.174 e. The fourth-order valence-corrected chi connectivity index (χ4v) is 8.13. The molecule has 0 amide bonds. The van der Waals surface area contributed by atoms with Crippen molar-refractivity contribution in [1.29, 1.82) is 0 Å². The van der Waals surface area contributed by atoms with E-state index in [1.807, 2.05) is 0 Å². The van der Waals surface area contributed by atoms with Gasteiger partial charge >= 0.3 is 0 Å². The first kappa shape index (κ1) is 17.2. The highest BCUT2D eigenvalue weighted by Gasteiger charge is 2.72. The molecule has 7 atom stereocenters. The Morgan fingerprint density at radius 1 is 1.04 bits per heavy atom. The molecule has 3 spiro atoms. The van der Waals surface area contributed by atoms with Gasteiger partial charge in [0.25, 0.3) is 0 Å². The molecule has 2 saturated carbocycles. The van der Waals surface area contributed by atoms with Gasteiger partial charge in [-0.2, -0.15) is 0 Å². The second-order valence-corrected chi connectivity index (χ2v) is 10.7. The summed E-state index contributed by atoms with van der Waals surface area (Å²) in [6.07, 6.45) is 11.9. The zero-order valence-corrected chi connectivity index (χ0v) is 17.3. The minimum atomic E-state index is -0.376. The van der Waals surface area contributed by atoms with Crippen LogP contribution in [0.5, 0.6) is 0 Å². The van der Waals surface area contributed by atoms with E-state index in [1.165, 1.54) is 24.8 Å². The van der Waals surface area contributed by atoms with Crippen LogP contribution in [0.2, 0.25) is 0 Å². The average molecular weight is 371 g/mol. The van der Waals surface area contributed by atoms with Crippen LogP contribution in [0.25, 0.3) is 0 Å². The molecular weight excluding hydrogens is 336 g/mol. The molecule has 2 saturated heterocycles. The van der Waals surface area contributed by atoms with Crippen molar-refractivity contribution < 1.29 is 14.2 Å². The summed E-state index contributed by atoms with van der Waals surface area (Å²) < 4.78 is 19.9. The molecule has 0 unspecified atom stereocenters. The van der Waals surface area contributed by atoms with Gasteiger partial charge in [0, 0.05) is 17.8 Å². The van der Waals surface area contributed by atoms with Crippen LogP contribution in [0.4, 0.5) is 0 Å². The maximum absolute atomic E-state index is 7.30. The Morgan fingerprint density at radius 2 is 1.81 bits per heavy atom. The quantitative estimate of drug-likeness (QED) is 0.599. The first-order valence-electron chi connectivity index (χ1n) is 11.3. The predicted octanol–water partition coefficient (Wildman–Crippen LogP) is 5.02. The number of allylic oxidation sites excluding steroid dienone is 1. The van der Waals surface area contributed by atoms with Gasteiger partial charge in [0.1, 0.15) is 0 Å². The van der Waals surface area contributed by atoms with Crippen molar-refractivity contribution in [3.05, 3.63) is 23.3 Å². The van der Waals surface area contributed by atoms with Gasteiger partial charge < -0.3 is 14.2 Å². The first-order chi connectivity index (χ1) is 12.9. The standard InChI is InChI=1S/C24H34O3/c1-15-14-22-9-10-23(27-22)18(13-19(22)17(3)16(15)2)5-7-21(4)20(23)6-8-24(21)25-11-12-26-24/h5,13,15-17,20H,6-12,14H2,1-4H3/t15-,16+,17-,20+,21-,22+,23+/m0/s1. The van der Waals surface area contributed by atoms with Gasteiger partial charge in [-0.25, -0.2) is 0 Å². The lowest BCUT2D eigenvalue weighted by molar-refractivity contribution is -0.244. The van der Waals surface area contributed by atoms with Crippen molar-refractivity contribution in [2.45, 2.75) is 83.2 Å². The first-order valence-corrected chi connectivity index (χ1v) is 11.3. The summed E-state index contributed by atoms with van der Waals surface area (Å²) in [6.45, 7) is 11.2. The molecular formula is C24H34O3. The van der Waals surface area contributed by atoms with Gasteiger partial charge in [-0.15, -0.1) is 0 Å². The Morgan fingerprint density at radius 3 is 2.59 bits per heavy atom. The number of rotatable bonds is 0.